The van der Waals surface area contributed by atoms with Crippen LogP contribution >= 0.6 is 10.0 Å². The van der Waals surface area contributed by atoms with Crippen molar-refractivity contribution in [1.29, 1.82) is 0 Å². The van der Waals surface area contributed by atoms with Gasteiger partial charge in [0.25, 0.3) is 0 Å². The van der Waals surface area contributed by atoms with Crippen LogP contribution in [-0.4, -0.2) is 45.8 Å². The van der Waals surface area contributed by atoms with Gasteiger partial charge in [-0.05, 0) is 81.0 Å². The first-order chi connectivity index (χ1) is 14.0. The number of rotatable bonds is 4. The highest BCUT2D eigenvalue weighted by Crippen LogP contribution is 2.70. The minimum absolute atomic E-state index is 0.213. The SMILES string of the molecule is CN1CCC(S2(c3ccc(F)cc3)C=NC=C2c2ccnc(C3(N)CC3)n2)CC1. The van der Waals surface area contributed by atoms with E-state index in [0.29, 0.717) is 5.25 Å². The van der Waals surface area contributed by atoms with Gasteiger partial charge in [-0.15, -0.1) is 10.0 Å². The highest BCUT2D eigenvalue weighted by molar-refractivity contribution is 8.51. The molecule has 2 aliphatic heterocycles. The van der Waals surface area contributed by atoms with E-state index in [9.17, 15) is 4.39 Å². The van der Waals surface area contributed by atoms with Crippen molar-refractivity contribution in [3.63, 3.8) is 0 Å². The van der Waals surface area contributed by atoms with Gasteiger partial charge in [0, 0.05) is 22.6 Å². The smallest absolute Gasteiger partial charge is 0.148 e. The molecule has 1 aromatic heterocycles. The van der Waals surface area contributed by atoms with E-state index in [2.05, 4.69) is 27.5 Å². The Kier molecular flexibility index (Phi) is 4.57. The van der Waals surface area contributed by atoms with Gasteiger partial charge in [-0.1, -0.05) is 0 Å². The van der Waals surface area contributed by atoms with Crippen molar-refractivity contribution < 1.29 is 4.39 Å². The lowest BCUT2D eigenvalue weighted by atomic mass is 10.1. The molecular formula is C22H26FN5S. The maximum Gasteiger partial charge on any atom is 0.148 e. The van der Waals surface area contributed by atoms with Crippen LogP contribution in [-0.2, 0) is 5.54 Å². The summed E-state index contributed by atoms with van der Waals surface area (Å²) < 4.78 is 13.7. The summed E-state index contributed by atoms with van der Waals surface area (Å²) in [6.45, 7) is 2.12. The molecule has 2 N–H and O–H groups in total. The minimum atomic E-state index is -1.57. The molecule has 1 atom stereocenters. The lowest BCUT2D eigenvalue weighted by Crippen LogP contribution is -2.36. The van der Waals surface area contributed by atoms with E-state index in [1.165, 1.54) is 0 Å². The van der Waals surface area contributed by atoms with Crippen LogP contribution in [0.15, 0.2) is 52.6 Å². The number of aliphatic imine (C=N–C) groups is 1. The van der Waals surface area contributed by atoms with E-state index in [4.69, 9.17) is 10.7 Å². The maximum atomic E-state index is 13.7. The first kappa shape index (κ1) is 18.9. The van der Waals surface area contributed by atoms with E-state index in [1.807, 2.05) is 30.6 Å². The number of aromatic nitrogens is 2. The molecule has 5 rings (SSSR count). The first-order valence-corrected chi connectivity index (χ1v) is 11.9. The summed E-state index contributed by atoms with van der Waals surface area (Å²) in [6, 6.07) is 8.96. The Morgan fingerprint density at radius 3 is 2.55 bits per heavy atom. The van der Waals surface area contributed by atoms with Gasteiger partial charge in [-0.2, -0.15) is 0 Å². The summed E-state index contributed by atoms with van der Waals surface area (Å²) in [7, 11) is 0.597. The Morgan fingerprint density at radius 2 is 1.86 bits per heavy atom. The molecule has 1 unspecified atom stereocenters. The fraction of sp³-hybridized carbons (Fsp3) is 0.409. The summed E-state index contributed by atoms with van der Waals surface area (Å²) in [5, 5.41) is 0.452. The zero-order valence-electron chi connectivity index (χ0n) is 16.6. The Labute approximate surface area is 172 Å². The number of nitrogens with two attached hydrogens (primary N) is 1. The number of likely N-dealkylation sites (tertiary alicyclic amines) is 1. The van der Waals surface area contributed by atoms with Crippen molar-refractivity contribution in [1.82, 2.24) is 14.9 Å². The van der Waals surface area contributed by atoms with Crippen LogP contribution in [0.5, 0.6) is 0 Å². The molecule has 1 aliphatic carbocycles. The average Bonchev–Trinajstić information content (AvgIpc) is 3.34. The van der Waals surface area contributed by atoms with Crippen molar-refractivity contribution >= 4 is 20.5 Å². The summed E-state index contributed by atoms with van der Waals surface area (Å²) >= 11 is 0. The van der Waals surface area contributed by atoms with Gasteiger partial charge in [0.15, 0.2) is 0 Å². The molecule has 0 spiro atoms. The second-order valence-electron chi connectivity index (χ2n) is 8.34. The zero-order valence-corrected chi connectivity index (χ0v) is 17.4. The molecule has 0 amide bonds. The Bertz CT molecular complexity index is 977. The molecule has 29 heavy (non-hydrogen) atoms. The summed E-state index contributed by atoms with van der Waals surface area (Å²) in [5.41, 5.74) is 9.03. The second-order valence-corrected chi connectivity index (χ2v) is 11.5. The molecule has 0 radical (unpaired) electrons. The van der Waals surface area contributed by atoms with Crippen LogP contribution in [0.1, 0.15) is 37.2 Å². The van der Waals surface area contributed by atoms with Crippen LogP contribution in [0.4, 0.5) is 4.39 Å². The number of benzene rings is 1. The summed E-state index contributed by atoms with van der Waals surface area (Å²) in [4.78, 5) is 18.6. The van der Waals surface area contributed by atoms with Gasteiger partial charge in [0.1, 0.15) is 11.6 Å². The quantitative estimate of drug-likeness (QED) is 0.830. The minimum Gasteiger partial charge on any atom is -0.319 e. The van der Waals surface area contributed by atoms with Crippen LogP contribution in [0.2, 0.25) is 0 Å². The molecule has 7 heteroatoms. The number of hydrogen-bond donors (Lipinski definition) is 1. The Morgan fingerprint density at radius 1 is 1.14 bits per heavy atom. The van der Waals surface area contributed by atoms with Crippen LogP contribution in [0, 0.1) is 5.82 Å². The normalized spacial score (nSPS) is 28.7. The van der Waals surface area contributed by atoms with Crippen molar-refractivity contribution in [3.8, 4) is 0 Å². The molecular weight excluding hydrogens is 385 g/mol. The zero-order chi connectivity index (χ0) is 20.1. The molecule has 5 nitrogen and oxygen atoms in total. The number of nitrogens with zero attached hydrogens (tertiary/aromatic N) is 4. The van der Waals surface area contributed by atoms with E-state index in [-0.39, 0.29) is 11.4 Å². The van der Waals surface area contributed by atoms with Crippen LogP contribution in [0.25, 0.3) is 4.91 Å². The van der Waals surface area contributed by atoms with Gasteiger partial charge in [0.05, 0.1) is 16.8 Å². The molecule has 1 aromatic carbocycles. The monoisotopic (exact) mass is 411 g/mol. The van der Waals surface area contributed by atoms with Gasteiger partial charge >= 0.3 is 0 Å². The molecule has 1 saturated heterocycles. The lowest BCUT2D eigenvalue weighted by Gasteiger charge is -2.46. The number of piperidine rings is 1. The fourth-order valence-electron chi connectivity index (χ4n) is 4.33. The molecule has 0 bridgehead atoms. The van der Waals surface area contributed by atoms with Crippen LogP contribution in [0.3, 0.4) is 0 Å². The third-order valence-electron chi connectivity index (χ3n) is 6.32. The topological polar surface area (TPSA) is 67.4 Å². The molecule has 152 valence electrons. The largest absolute Gasteiger partial charge is 0.319 e. The predicted molar refractivity (Wildman–Crippen MR) is 116 cm³/mol. The van der Waals surface area contributed by atoms with Crippen molar-refractivity contribution in [2.24, 2.45) is 10.7 Å². The van der Waals surface area contributed by atoms with Crippen molar-refractivity contribution in [2.75, 3.05) is 20.1 Å². The van der Waals surface area contributed by atoms with Crippen molar-refractivity contribution in [3.05, 3.63) is 60.1 Å². The highest BCUT2D eigenvalue weighted by Gasteiger charge is 2.45. The average molecular weight is 412 g/mol. The molecule has 2 aromatic rings. The molecule has 2 fully saturated rings. The van der Waals surface area contributed by atoms with E-state index >= 15 is 0 Å². The summed E-state index contributed by atoms with van der Waals surface area (Å²) in [6.07, 6.45) is 7.80. The van der Waals surface area contributed by atoms with Gasteiger partial charge in [0.2, 0.25) is 0 Å². The van der Waals surface area contributed by atoms with Gasteiger partial charge < -0.3 is 10.6 Å². The van der Waals surface area contributed by atoms with Crippen LogP contribution < -0.4 is 5.73 Å². The second kappa shape index (κ2) is 7.00. The number of halogens is 1. The highest BCUT2D eigenvalue weighted by atomic mass is 32.3. The number of hydrogen-bond acceptors (Lipinski definition) is 5. The fourth-order valence-corrected chi connectivity index (χ4v) is 8.23. The summed E-state index contributed by atoms with van der Waals surface area (Å²) in [5.74, 6) is 0.508. The molecule has 1 saturated carbocycles. The molecule has 3 aliphatic rings. The standard InChI is InChI=1S/C22H26FN5S/c1-28-12-7-18(8-13-28)29(17-4-2-16(23)3-5-17)15-25-14-20(29)19-6-11-26-21(27-19)22(24)9-10-22/h2-6,11,14-15,18H,7-10,12-13,24H2,1H3. The van der Waals surface area contributed by atoms with Gasteiger partial charge in [-0.3, -0.25) is 4.99 Å². The van der Waals surface area contributed by atoms with E-state index in [0.717, 1.165) is 60.1 Å². The first-order valence-electron chi connectivity index (χ1n) is 10.1. The third kappa shape index (κ3) is 3.21. The van der Waals surface area contributed by atoms with Gasteiger partial charge in [-0.25, -0.2) is 14.4 Å². The Balaban J connectivity index is 1.61. The van der Waals surface area contributed by atoms with E-state index in [1.54, 1.807) is 12.1 Å². The maximum absolute atomic E-state index is 13.7. The third-order valence-corrected chi connectivity index (χ3v) is 10.4. The van der Waals surface area contributed by atoms with Crippen molar-refractivity contribution in [2.45, 2.75) is 41.4 Å². The lowest BCUT2D eigenvalue weighted by molar-refractivity contribution is 0.281. The predicted octanol–water partition coefficient (Wildman–Crippen LogP) is 3.86. The van der Waals surface area contributed by atoms with E-state index < -0.39 is 10.0 Å². The Hall–Kier alpha value is -2.09. The molecule has 3 heterocycles.